The number of amides is 1. The van der Waals surface area contributed by atoms with Gasteiger partial charge >= 0.3 is 0 Å². The van der Waals surface area contributed by atoms with Crippen molar-refractivity contribution >= 4 is 5.91 Å². The highest BCUT2D eigenvalue weighted by molar-refractivity contribution is 5.76. The number of nitriles is 1. The topological polar surface area (TPSA) is 56.6 Å². The molecule has 1 aliphatic heterocycles. The van der Waals surface area contributed by atoms with Gasteiger partial charge < -0.3 is 14.5 Å². The van der Waals surface area contributed by atoms with Crippen molar-refractivity contribution in [1.29, 1.82) is 5.26 Å². The third-order valence-electron chi connectivity index (χ3n) is 3.56. The predicted molar refractivity (Wildman–Crippen MR) is 73.6 cm³/mol. The van der Waals surface area contributed by atoms with Crippen LogP contribution in [-0.2, 0) is 9.53 Å². The summed E-state index contributed by atoms with van der Waals surface area (Å²) in [6, 6.07) is 2.06. The van der Waals surface area contributed by atoms with Crippen LogP contribution in [0.1, 0.15) is 32.6 Å². The van der Waals surface area contributed by atoms with Crippen LogP contribution in [0.5, 0.6) is 0 Å². The molecule has 5 nitrogen and oxygen atoms in total. The lowest BCUT2D eigenvalue weighted by Crippen LogP contribution is -2.39. The minimum Gasteiger partial charge on any atom is -0.378 e. The van der Waals surface area contributed by atoms with Crippen LogP contribution < -0.4 is 0 Å². The Kier molecular flexibility index (Phi) is 7.46. The number of likely N-dealkylation sites (tertiary alicyclic amines) is 1. The number of carbonyl (C=O) groups is 1. The monoisotopic (exact) mass is 267 g/mol. The molecule has 1 fully saturated rings. The Morgan fingerprint density at radius 2 is 2.16 bits per heavy atom. The van der Waals surface area contributed by atoms with E-state index in [0.29, 0.717) is 25.5 Å². The molecular weight excluding hydrogens is 242 g/mol. The smallest absolute Gasteiger partial charge is 0.223 e. The van der Waals surface area contributed by atoms with Crippen molar-refractivity contribution in [3.05, 3.63) is 0 Å². The Balaban J connectivity index is 2.16. The highest BCUT2D eigenvalue weighted by Crippen LogP contribution is 2.13. The fourth-order valence-corrected chi connectivity index (χ4v) is 2.32. The number of nitrogens with zero attached hydrogens (tertiary/aromatic N) is 3. The zero-order valence-electron chi connectivity index (χ0n) is 12.1. The second-order valence-electron chi connectivity index (χ2n) is 4.97. The van der Waals surface area contributed by atoms with Gasteiger partial charge in [-0.2, -0.15) is 5.26 Å². The second kappa shape index (κ2) is 8.89. The molecule has 1 rings (SSSR count). The summed E-state index contributed by atoms with van der Waals surface area (Å²) in [6.07, 6.45) is 3.47. The molecule has 0 bridgehead atoms. The van der Waals surface area contributed by atoms with Gasteiger partial charge in [0.05, 0.1) is 18.6 Å². The molecule has 0 aliphatic carbocycles. The Labute approximate surface area is 116 Å². The van der Waals surface area contributed by atoms with Crippen molar-refractivity contribution in [2.24, 2.45) is 0 Å². The molecule has 0 aromatic carbocycles. The first-order valence-electron chi connectivity index (χ1n) is 7.12. The van der Waals surface area contributed by atoms with Gasteiger partial charge in [0.2, 0.25) is 5.91 Å². The molecule has 19 heavy (non-hydrogen) atoms. The average molecular weight is 267 g/mol. The Morgan fingerprint density at radius 1 is 1.47 bits per heavy atom. The van der Waals surface area contributed by atoms with E-state index in [-0.39, 0.29) is 5.91 Å². The lowest BCUT2D eigenvalue weighted by atomic mass is 10.1. The largest absolute Gasteiger partial charge is 0.378 e. The van der Waals surface area contributed by atoms with Gasteiger partial charge in [0.15, 0.2) is 0 Å². The fourth-order valence-electron chi connectivity index (χ4n) is 2.32. The average Bonchev–Trinajstić information content (AvgIpc) is 2.44. The minimum absolute atomic E-state index is 0.127. The third kappa shape index (κ3) is 6.04. The van der Waals surface area contributed by atoms with E-state index < -0.39 is 0 Å². The van der Waals surface area contributed by atoms with Crippen LogP contribution in [0.4, 0.5) is 0 Å². The molecule has 1 amide bonds. The van der Waals surface area contributed by atoms with Gasteiger partial charge in [0.25, 0.3) is 0 Å². The highest BCUT2D eigenvalue weighted by Gasteiger charge is 2.20. The van der Waals surface area contributed by atoms with E-state index >= 15 is 0 Å². The van der Waals surface area contributed by atoms with Gasteiger partial charge in [-0.3, -0.25) is 4.79 Å². The minimum atomic E-state index is 0.127. The molecule has 1 saturated heterocycles. The third-order valence-corrected chi connectivity index (χ3v) is 3.56. The molecule has 0 saturated carbocycles. The van der Waals surface area contributed by atoms with Crippen molar-refractivity contribution in [2.45, 2.75) is 38.7 Å². The fraction of sp³-hybridized carbons (Fsp3) is 0.857. The molecule has 108 valence electrons. The van der Waals surface area contributed by atoms with Gasteiger partial charge in [-0.1, -0.05) is 0 Å². The number of carbonyl (C=O) groups excluding carboxylic acids is 1. The Morgan fingerprint density at radius 3 is 2.74 bits per heavy atom. The molecule has 5 heteroatoms. The molecule has 0 unspecified atom stereocenters. The Bertz CT molecular complexity index is 306. The van der Waals surface area contributed by atoms with Crippen LogP contribution in [0.25, 0.3) is 0 Å². The first-order chi connectivity index (χ1) is 9.17. The SMILES string of the molecule is CCOC1CCN(CCC(=O)N(C)CCC#N)CC1. The molecule has 1 aliphatic rings. The van der Waals surface area contributed by atoms with Crippen LogP contribution in [0, 0.1) is 11.3 Å². The van der Waals surface area contributed by atoms with Crippen molar-refractivity contribution in [3.8, 4) is 6.07 Å². The van der Waals surface area contributed by atoms with E-state index in [0.717, 1.165) is 39.1 Å². The lowest BCUT2D eigenvalue weighted by molar-refractivity contribution is -0.130. The van der Waals surface area contributed by atoms with Crippen LogP contribution >= 0.6 is 0 Å². The van der Waals surface area contributed by atoms with E-state index in [9.17, 15) is 4.79 Å². The van der Waals surface area contributed by atoms with Gasteiger partial charge in [0, 0.05) is 46.3 Å². The van der Waals surface area contributed by atoms with Gasteiger partial charge in [-0.15, -0.1) is 0 Å². The molecule has 0 radical (unpaired) electrons. The number of rotatable bonds is 7. The zero-order chi connectivity index (χ0) is 14.1. The van der Waals surface area contributed by atoms with Crippen LogP contribution in [0.2, 0.25) is 0 Å². The quantitative estimate of drug-likeness (QED) is 0.696. The van der Waals surface area contributed by atoms with Gasteiger partial charge in [0.1, 0.15) is 0 Å². The van der Waals surface area contributed by atoms with Crippen molar-refractivity contribution in [1.82, 2.24) is 9.80 Å². The summed E-state index contributed by atoms with van der Waals surface area (Å²) >= 11 is 0. The summed E-state index contributed by atoms with van der Waals surface area (Å²) in [6.45, 7) is 6.19. The second-order valence-corrected chi connectivity index (χ2v) is 4.97. The lowest BCUT2D eigenvalue weighted by Gasteiger charge is -2.31. The van der Waals surface area contributed by atoms with Crippen molar-refractivity contribution < 1.29 is 9.53 Å². The van der Waals surface area contributed by atoms with Crippen LogP contribution in [0.15, 0.2) is 0 Å². The molecule has 1 heterocycles. The summed E-state index contributed by atoms with van der Waals surface area (Å²) in [4.78, 5) is 15.8. The molecule has 0 aromatic rings. The number of hydrogen-bond acceptors (Lipinski definition) is 4. The van der Waals surface area contributed by atoms with Crippen LogP contribution in [0.3, 0.4) is 0 Å². The molecule has 0 atom stereocenters. The maximum Gasteiger partial charge on any atom is 0.223 e. The van der Waals surface area contributed by atoms with E-state index in [4.69, 9.17) is 10.00 Å². The standard InChI is InChI=1S/C14H25N3O2/c1-3-19-13-5-10-17(11-6-13)12-7-14(18)16(2)9-4-8-15/h13H,3-7,9-12H2,1-2H3. The molecule has 0 spiro atoms. The van der Waals surface area contributed by atoms with Gasteiger partial charge in [-0.25, -0.2) is 0 Å². The first-order valence-corrected chi connectivity index (χ1v) is 7.12. The molecule has 0 aromatic heterocycles. The predicted octanol–water partition coefficient (Wildman–Crippen LogP) is 1.25. The molecular formula is C14H25N3O2. The summed E-state index contributed by atoms with van der Waals surface area (Å²) in [5.74, 6) is 0.127. The summed E-state index contributed by atoms with van der Waals surface area (Å²) in [5, 5.41) is 8.49. The maximum atomic E-state index is 11.8. The maximum absolute atomic E-state index is 11.8. The van der Waals surface area contributed by atoms with Gasteiger partial charge in [-0.05, 0) is 19.8 Å². The number of ether oxygens (including phenoxy) is 1. The Hall–Kier alpha value is -1.12. The number of piperidine rings is 1. The zero-order valence-corrected chi connectivity index (χ0v) is 12.1. The number of hydrogen-bond donors (Lipinski definition) is 0. The van der Waals surface area contributed by atoms with Crippen molar-refractivity contribution in [2.75, 3.05) is 39.8 Å². The van der Waals surface area contributed by atoms with Crippen molar-refractivity contribution in [3.63, 3.8) is 0 Å². The van der Waals surface area contributed by atoms with E-state index in [1.807, 2.05) is 6.92 Å². The van der Waals surface area contributed by atoms with E-state index in [1.54, 1.807) is 11.9 Å². The van der Waals surface area contributed by atoms with E-state index in [1.165, 1.54) is 0 Å². The highest BCUT2D eigenvalue weighted by atomic mass is 16.5. The molecule has 0 N–H and O–H groups in total. The van der Waals surface area contributed by atoms with E-state index in [2.05, 4.69) is 11.0 Å². The van der Waals surface area contributed by atoms with Crippen LogP contribution in [-0.4, -0.2) is 61.6 Å². The summed E-state index contributed by atoms with van der Waals surface area (Å²) in [7, 11) is 1.76. The summed E-state index contributed by atoms with van der Waals surface area (Å²) < 4.78 is 5.61. The summed E-state index contributed by atoms with van der Waals surface area (Å²) in [5.41, 5.74) is 0. The first kappa shape index (κ1) is 15.9. The normalized spacial score (nSPS) is 17.1.